The van der Waals surface area contributed by atoms with Crippen LogP contribution in [0.25, 0.3) is 0 Å². The summed E-state index contributed by atoms with van der Waals surface area (Å²) in [7, 11) is 0. The summed E-state index contributed by atoms with van der Waals surface area (Å²) in [4.78, 5) is 11.5. The predicted molar refractivity (Wildman–Crippen MR) is 45.4 cm³/mol. The highest BCUT2D eigenvalue weighted by molar-refractivity contribution is 5.77. The van der Waals surface area contributed by atoms with Gasteiger partial charge in [0.15, 0.2) is 0 Å². The molecule has 2 aromatic rings. The third-order valence-electron chi connectivity index (χ3n) is 1.62. The molecule has 2 aromatic heterocycles. The fraction of sp³-hybridized carbons (Fsp3) is 0.125. The second kappa shape index (κ2) is 2.85. The molecule has 5 nitrogen and oxygen atoms in total. The minimum absolute atomic E-state index is 0.280. The molecule has 0 aliphatic carbocycles. The maximum Gasteiger partial charge on any atom is 0.369 e. The van der Waals surface area contributed by atoms with Gasteiger partial charge < -0.3 is 0 Å². The van der Waals surface area contributed by atoms with Crippen molar-refractivity contribution < 1.29 is 4.79 Å². The third-order valence-corrected chi connectivity index (χ3v) is 1.62. The number of hydrogen-bond donors (Lipinski definition) is 0. The number of carbonyl (C=O) groups excluding carboxylic acids is 1. The summed E-state index contributed by atoms with van der Waals surface area (Å²) in [5.41, 5.74) is 0.806. The Morgan fingerprint density at radius 1 is 1.38 bits per heavy atom. The Morgan fingerprint density at radius 2 is 2.23 bits per heavy atom. The van der Waals surface area contributed by atoms with E-state index < -0.39 is 0 Å². The number of carbonyl (C=O) groups is 1. The summed E-state index contributed by atoms with van der Waals surface area (Å²) < 4.78 is 2.48. The number of rotatable bonds is 0. The normalized spacial score (nSPS) is 10.2. The van der Waals surface area contributed by atoms with Crippen LogP contribution in [0.5, 0.6) is 0 Å². The maximum atomic E-state index is 11.5. The molecule has 0 aliphatic heterocycles. The summed E-state index contributed by atoms with van der Waals surface area (Å²) in [6.45, 7) is 1.83. The molecule has 0 spiro atoms. The fourth-order valence-electron chi connectivity index (χ4n) is 1.01. The van der Waals surface area contributed by atoms with Crippen molar-refractivity contribution in [1.82, 2.24) is 19.6 Å². The molecule has 2 rings (SSSR count). The highest BCUT2D eigenvalue weighted by atomic mass is 16.2. The molecule has 0 aliphatic rings. The second-order valence-electron chi connectivity index (χ2n) is 2.63. The summed E-state index contributed by atoms with van der Waals surface area (Å²) in [6, 6.07) is 3.17. The van der Waals surface area contributed by atoms with Crippen molar-refractivity contribution in [2.24, 2.45) is 0 Å². The van der Waals surface area contributed by atoms with E-state index >= 15 is 0 Å². The molecule has 0 amide bonds. The van der Waals surface area contributed by atoms with Crippen molar-refractivity contribution in [2.45, 2.75) is 6.92 Å². The Labute approximate surface area is 74.6 Å². The Morgan fingerprint density at radius 3 is 2.77 bits per heavy atom. The van der Waals surface area contributed by atoms with E-state index in [-0.39, 0.29) is 6.03 Å². The monoisotopic (exact) mass is 176 g/mol. The summed E-state index contributed by atoms with van der Waals surface area (Å²) in [5.74, 6) is 0. The molecule has 0 saturated heterocycles. The zero-order valence-electron chi connectivity index (χ0n) is 7.08. The van der Waals surface area contributed by atoms with E-state index in [1.165, 1.54) is 9.36 Å². The molecule has 0 saturated carbocycles. The smallest absolute Gasteiger partial charge is 0.244 e. The van der Waals surface area contributed by atoms with Gasteiger partial charge in [0.05, 0.1) is 5.69 Å². The van der Waals surface area contributed by atoms with Gasteiger partial charge in [-0.25, -0.2) is 4.79 Å². The van der Waals surface area contributed by atoms with Gasteiger partial charge in [-0.15, -0.1) is 0 Å². The number of hydrogen-bond acceptors (Lipinski definition) is 3. The largest absolute Gasteiger partial charge is 0.369 e. The molecule has 13 heavy (non-hydrogen) atoms. The lowest BCUT2D eigenvalue weighted by molar-refractivity contribution is 0.238. The molecular formula is C8H8N4O. The Balaban J connectivity index is 2.33. The number of aryl methyl sites for hydroxylation is 1. The van der Waals surface area contributed by atoms with Gasteiger partial charge in [0.2, 0.25) is 0 Å². The van der Waals surface area contributed by atoms with E-state index in [4.69, 9.17) is 0 Å². The van der Waals surface area contributed by atoms with Crippen LogP contribution in [0.2, 0.25) is 0 Å². The van der Waals surface area contributed by atoms with E-state index in [2.05, 4.69) is 10.2 Å². The van der Waals surface area contributed by atoms with E-state index in [0.29, 0.717) is 0 Å². The summed E-state index contributed by atoms with van der Waals surface area (Å²) >= 11 is 0. The van der Waals surface area contributed by atoms with Crippen LogP contribution in [0, 0.1) is 6.92 Å². The van der Waals surface area contributed by atoms with Gasteiger partial charge in [0, 0.05) is 18.6 Å². The first-order chi connectivity index (χ1) is 6.27. The van der Waals surface area contributed by atoms with Gasteiger partial charge in [0.1, 0.15) is 0 Å². The van der Waals surface area contributed by atoms with Crippen LogP contribution in [0.1, 0.15) is 5.69 Å². The van der Waals surface area contributed by atoms with Crippen molar-refractivity contribution in [2.75, 3.05) is 0 Å². The van der Waals surface area contributed by atoms with Crippen molar-refractivity contribution in [3.05, 3.63) is 36.4 Å². The van der Waals surface area contributed by atoms with Crippen LogP contribution >= 0.6 is 0 Å². The topological polar surface area (TPSA) is 52.7 Å². The molecule has 0 fully saturated rings. The van der Waals surface area contributed by atoms with Crippen LogP contribution in [0.15, 0.2) is 30.7 Å². The number of aromatic nitrogens is 4. The minimum Gasteiger partial charge on any atom is -0.244 e. The average Bonchev–Trinajstić information content (AvgIpc) is 2.72. The average molecular weight is 176 g/mol. The molecule has 0 unspecified atom stereocenters. The van der Waals surface area contributed by atoms with Gasteiger partial charge in [0.25, 0.3) is 0 Å². The molecule has 66 valence electrons. The Hall–Kier alpha value is -1.91. The van der Waals surface area contributed by atoms with Gasteiger partial charge in [-0.05, 0) is 19.1 Å². The Bertz CT molecular complexity index is 415. The van der Waals surface area contributed by atoms with Crippen molar-refractivity contribution in [3.8, 4) is 0 Å². The van der Waals surface area contributed by atoms with Gasteiger partial charge in [-0.2, -0.15) is 19.6 Å². The van der Waals surface area contributed by atoms with Crippen LogP contribution in [-0.2, 0) is 0 Å². The predicted octanol–water partition coefficient (Wildman–Crippen LogP) is 0.904. The molecule has 0 N–H and O–H groups in total. The van der Waals surface area contributed by atoms with E-state index in [0.717, 1.165) is 5.69 Å². The maximum absolute atomic E-state index is 11.5. The zero-order valence-corrected chi connectivity index (χ0v) is 7.08. The van der Waals surface area contributed by atoms with Crippen LogP contribution < -0.4 is 0 Å². The van der Waals surface area contributed by atoms with E-state index in [1.54, 1.807) is 30.7 Å². The van der Waals surface area contributed by atoms with Crippen molar-refractivity contribution in [3.63, 3.8) is 0 Å². The lowest BCUT2D eigenvalue weighted by Gasteiger charge is -1.97. The first-order valence-electron chi connectivity index (χ1n) is 3.84. The minimum atomic E-state index is -0.280. The molecule has 0 aromatic carbocycles. The van der Waals surface area contributed by atoms with Crippen molar-refractivity contribution in [1.29, 1.82) is 0 Å². The molecule has 0 radical (unpaired) electrons. The molecule has 0 bridgehead atoms. The first kappa shape index (κ1) is 7.72. The molecular weight excluding hydrogens is 168 g/mol. The first-order valence-corrected chi connectivity index (χ1v) is 3.84. The zero-order chi connectivity index (χ0) is 9.26. The highest BCUT2D eigenvalue weighted by Gasteiger charge is 2.07. The standard InChI is InChI=1S/C8H8N4O/c1-7-3-6-12(10-7)8(13)11-5-2-4-9-11/h2-6H,1H3. The second-order valence-corrected chi connectivity index (χ2v) is 2.63. The highest BCUT2D eigenvalue weighted by Crippen LogP contribution is 1.94. The number of nitrogens with zero attached hydrogens (tertiary/aromatic N) is 4. The van der Waals surface area contributed by atoms with Crippen LogP contribution in [0.3, 0.4) is 0 Å². The van der Waals surface area contributed by atoms with Gasteiger partial charge in [-0.3, -0.25) is 0 Å². The lowest BCUT2D eigenvalue weighted by atomic mass is 10.5. The lowest BCUT2D eigenvalue weighted by Crippen LogP contribution is -2.20. The fourth-order valence-corrected chi connectivity index (χ4v) is 1.01. The quantitative estimate of drug-likeness (QED) is 0.599. The molecule has 2 heterocycles. The van der Waals surface area contributed by atoms with Gasteiger partial charge in [-0.1, -0.05) is 0 Å². The van der Waals surface area contributed by atoms with Crippen molar-refractivity contribution >= 4 is 6.03 Å². The van der Waals surface area contributed by atoms with Crippen LogP contribution in [0.4, 0.5) is 4.79 Å². The van der Waals surface area contributed by atoms with Crippen LogP contribution in [-0.4, -0.2) is 25.6 Å². The summed E-state index contributed by atoms with van der Waals surface area (Å²) in [5, 5.41) is 7.78. The third kappa shape index (κ3) is 1.35. The molecule has 5 heteroatoms. The molecule has 0 atom stereocenters. The van der Waals surface area contributed by atoms with E-state index in [9.17, 15) is 4.79 Å². The SMILES string of the molecule is Cc1ccn(C(=O)n2cccn2)n1. The van der Waals surface area contributed by atoms with E-state index in [1.807, 2.05) is 6.92 Å². The van der Waals surface area contributed by atoms with Gasteiger partial charge >= 0.3 is 6.03 Å². The Kier molecular flexibility index (Phi) is 1.70. The summed E-state index contributed by atoms with van der Waals surface area (Å²) in [6.07, 6.45) is 4.74.